The van der Waals surface area contributed by atoms with Crippen molar-refractivity contribution < 1.29 is 0 Å². The minimum Gasteiger partial charge on any atom is -0.363 e. The topological polar surface area (TPSA) is 16.1 Å². The van der Waals surface area contributed by atoms with Crippen molar-refractivity contribution >= 4 is 37.9 Å². The number of nitrogens with zero attached hydrogens (tertiary/aromatic N) is 2. The molecule has 0 bridgehead atoms. The average molecular weight is 327 g/mol. The molecule has 112 valence electrons. The van der Waals surface area contributed by atoms with Crippen LogP contribution < -0.4 is 0 Å². The first-order valence-corrected chi connectivity index (χ1v) is 9.20. The molecule has 3 aromatic rings. The maximum Gasteiger partial charge on any atom is 0.236 e. The lowest BCUT2D eigenvalue weighted by atomic mass is 10.2. The molecule has 0 aliphatic heterocycles. The number of hydrogen-bond acceptors (Lipinski definition) is 2. The summed E-state index contributed by atoms with van der Waals surface area (Å²) in [5.41, 5.74) is 4.30. The molecule has 0 aliphatic carbocycles. The third-order valence-corrected chi connectivity index (χ3v) is 6.25. The molecule has 0 fully saturated rings. The van der Waals surface area contributed by atoms with Gasteiger partial charge in [0.05, 0.1) is 5.56 Å². The number of hydrogen-bond donors (Lipinski definition) is 0. The molecule has 0 N–H and O–H groups in total. The third-order valence-electron chi connectivity index (χ3n) is 3.80. The van der Waals surface area contributed by atoms with Crippen molar-refractivity contribution in [2.45, 2.75) is 13.8 Å². The van der Waals surface area contributed by atoms with Crippen molar-refractivity contribution in [3.8, 4) is 4.90 Å². The Morgan fingerprint density at radius 1 is 1.05 bits per heavy atom. The molecule has 4 heteroatoms. The van der Waals surface area contributed by atoms with Crippen LogP contribution in [0, 0.1) is 0 Å². The first-order valence-electron chi connectivity index (χ1n) is 7.50. The molecule has 1 aromatic heterocycles. The zero-order valence-electron chi connectivity index (χ0n) is 12.8. The van der Waals surface area contributed by atoms with Crippen LogP contribution in [-0.4, -0.2) is 28.0 Å². The lowest BCUT2D eigenvalue weighted by Crippen LogP contribution is -2.29. The second-order valence-electron chi connectivity index (χ2n) is 5.01. The van der Waals surface area contributed by atoms with Crippen molar-refractivity contribution in [1.29, 1.82) is 0 Å². The third kappa shape index (κ3) is 2.64. The van der Waals surface area contributed by atoms with Crippen molar-refractivity contribution in [2.24, 2.45) is 0 Å². The maximum atomic E-state index is 5.75. The quantitative estimate of drug-likeness (QED) is 0.496. The van der Waals surface area contributed by atoms with Gasteiger partial charge in [0.1, 0.15) is 10.5 Å². The molecule has 2 aromatic carbocycles. The molecule has 0 amide bonds. The summed E-state index contributed by atoms with van der Waals surface area (Å²) in [6.45, 7) is 6.16. The van der Waals surface area contributed by atoms with E-state index in [0.29, 0.717) is 0 Å². The van der Waals surface area contributed by atoms with Crippen LogP contribution in [0.5, 0.6) is 0 Å². The summed E-state index contributed by atoms with van der Waals surface area (Å²) in [6, 6.07) is 16.8. The van der Waals surface area contributed by atoms with Crippen LogP contribution in [-0.2, 0) is 0 Å². The van der Waals surface area contributed by atoms with Crippen molar-refractivity contribution in [3.63, 3.8) is 0 Å². The molecule has 0 saturated carbocycles. The average Bonchev–Trinajstić information content (AvgIpc) is 3.00. The molecule has 1 unspecified atom stereocenters. The van der Waals surface area contributed by atoms with Gasteiger partial charge in [-0.3, -0.25) is 0 Å². The highest BCUT2D eigenvalue weighted by molar-refractivity contribution is 7.80. The number of aromatic nitrogens is 1. The summed E-state index contributed by atoms with van der Waals surface area (Å²) < 4.78 is 1.29. The predicted molar refractivity (Wildman–Crippen MR) is 100 cm³/mol. The Kier molecular flexibility index (Phi) is 4.50. The molecule has 3 rings (SSSR count). The largest absolute Gasteiger partial charge is 0.363 e. The zero-order chi connectivity index (χ0) is 15.5. The Hall–Kier alpha value is -1.78. The van der Waals surface area contributed by atoms with E-state index >= 15 is 0 Å². The van der Waals surface area contributed by atoms with E-state index in [-0.39, 0.29) is 10.5 Å². The van der Waals surface area contributed by atoms with Gasteiger partial charge in [0.15, 0.2) is 4.90 Å². The van der Waals surface area contributed by atoms with E-state index in [2.05, 4.69) is 71.7 Å². The second-order valence-corrected chi connectivity index (χ2v) is 7.17. The summed E-state index contributed by atoms with van der Waals surface area (Å²) in [5.74, 6) is 0. The molecule has 1 heterocycles. The van der Waals surface area contributed by atoms with Gasteiger partial charge in [0.2, 0.25) is 10.2 Å². The van der Waals surface area contributed by atoms with Gasteiger partial charge in [-0.15, -0.1) is 0 Å². The Labute approximate surface area is 139 Å². The normalized spacial score (nSPS) is 11.6. The van der Waals surface area contributed by atoms with E-state index in [1.807, 2.05) is 6.07 Å². The Balaban J connectivity index is 2.14. The van der Waals surface area contributed by atoms with Gasteiger partial charge >= 0.3 is 0 Å². The number of para-hydroxylation sites is 1. The lowest BCUT2D eigenvalue weighted by molar-refractivity contribution is 0.475. The summed E-state index contributed by atoms with van der Waals surface area (Å²) in [6.07, 6.45) is 0. The van der Waals surface area contributed by atoms with E-state index in [9.17, 15) is 0 Å². The van der Waals surface area contributed by atoms with Gasteiger partial charge in [-0.1, -0.05) is 36.5 Å². The smallest absolute Gasteiger partial charge is 0.236 e. The monoisotopic (exact) mass is 327 g/mol. The molecule has 0 saturated heterocycles. The van der Waals surface area contributed by atoms with E-state index in [1.54, 1.807) is 0 Å². The highest BCUT2D eigenvalue weighted by atomic mass is 32.2. The fraction of sp³-hybridized carbons (Fsp3) is 0.222. The zero-order valence-corrected chi connectivity index (χ0v) is 14.5. The van der Waals surface area contributed by atoms with Gasteiger partial charge in [-0.05, 0) is 32.0 Å². The minimum atomic E-state index is -0.124. The van der Waals surface area contributed by atoms with Crippen LogP contribution in [0.3, 0.4) is 0 Å². The maximum absolute atomic E-state index is 5.75. The number of thiazole rings is 1. The van der Waals surface area contributed by atoms with Crippen LogP contribution in [0.15, 0.2) is 54.0 Å². The van der Waals surface area contributed by atoms with Gasteiger partial charge in [-0.25, -0.2) is 0 Å². The summed E-state index contributed by atoms with van der Waals surface area (Å²) in [5, 5.41) is 0. The van der Waals surface area contributed by atoms with E-state index in [1.165, 1.54) is 9.60 Å². The molecule has 2 nitrogen and oxygen atoms in total. The SMILES string of the molecule is CCN(CC)C(=S)c1ccccc1-[s+]1cnc2ccccc21. The fourth-order valence-corrected chi connectivity index (χ4v) is 4.99. The van der Waals surface area contributed by atoms with Gasteiger partial charge in [0, 0.05) is 29.6 Å². The molecule has 1 atom stereocenters. The number of fused-ring (bicyclic) bond motifs is 1. The number of thiocarbonyl (C=S) groups is 1. The Morgan fingerprint density at radius 3 is 2.50 bits per heavy atom. The second kappa shape index (κ2) is 6.55. The van der Waals surface area contributed by atoms with Crippen molar-refractivity contribution in [2.75, 3.05) is 13.1 Å². The lowest BCUT2D eigenvalue weighted by Gasteiger charge is -2.21. The van der Waals surface area contributed by atoms with Crippen LogP contribution in [0.1, 0.15) is 19.4 Å². The predicted octanol–water partition coefficient (Wildman–Crippen LogP) is 4.99. The van der Waals surface area contributed by atoms with Gasteiger partial charge < -0.3 is 4.90 Å². The molecule has 0 radical (unpaired) electrons. The number of rotatable bonds is 4. The van der Waals surface area contributed by atoms with Crippen LogP contribution in [0.4, 0.5) is 0 Å². The van der Waals surface area contributed by atoms with Crippen LogP contribution in [0.2, 0.25) is 0 Å². The first-order chi connectivity index (χ1) is 10.8. The number of benzene rings is 2. The molecule has 0 aliphatic rings. The standard InChI is InChI=1S/C18H19N2S2/c1-3-20(4-2)18(21)14-9-5-7-11-16(14)22-13-19-15-10-6-8-12-17(15)22/h5-13H,3-4H2,1-2H3/q+1. The van der Waals surface area contributed by atoms with Crippen molar-refractivity contribution in [3.05, 3.63) is 59.6 Å². The van der Waals surface area contributed by atoms with Gasteiger partial charge in [-0.2, -0.15) is 4.98 Å². The summed E-state index contributed by atoms with van der Waals surface area (Å²) in [7, 11) is -0.124. The van der Waals surface area contributed by atoms with Crippen LogP contribution in [0.25, 0.3) is 15.1 Å². The van der Waals surface area contributed by atoms with Crippen LogP contribution >= 0.6 is 22.7 Å². The highest BCUT2D eigenvalue weighted by Crippen LogP contribution is 2.40. The van der Waals surface area contributed by atoms with E-state index < -0.39 is 0 Å². The molecular weight excluding hydrogens is 308 g/mol. The Morgan fingerprint density at radius 2 is 1.73 bits per heavy atom. The highest BCUT2D eigenvalue weighted by Gasteiger charge is 2.23. The molecular formula is C18H19N2S2+. The van der Waals surface area contributed by atoms with E-state index in [4.69, 9.17) is 12.2 Å². The van der Waals surface area contributed by atoms with E-state index in [0.717, 1.165) is 29.2 Å². The summed E-state index contributed by atoms with van der Waals surface area (Å²) >= 11 is 5.75. The minimum absolute atomic E-state index is 0.124. The Bertz CT molecular complexity index is 803. The van der Waals surface area contributed by atoms with Gasteiger partial charge in [0.25, 0.3) is 0 Å². The summed E-state index contributed by atoms with van der Waals surface area (Å²) in [4.78, 5) is 9.01. The molecule has 0 spiro atoms. The fourth-order valence-electron chi connectivity index (χ4n) is 2.61. The first kappa shape index (κ1) is 15.1. The van der Waals surface area contributed by atoms with Crippen molar-refractivity contribution in [1.82, 2.24) is 9.88 Å². The molecule has 22 heavy (non-hydrogen) atoms.